The maximum Gasteiger partial charge on any atom is 0.242 e. The van der Waals surface area contributed by atoms with E-state index < -0.39 is 19.9 Å². The van der Waals surface area contributed by atoms with Crippen molar-refractivity contribution in [1.29, 1.82) is 0 Å². The highest BCUT2D eigenvalue weighted by atomic mass is 32.2. The van der Waals surface area contributed by atoms with Crippen molar-refractivity contribution in [1.82, 2.24) is 4.72 Å². The lowest BCUT2D eigenvalue weighted by Crippen LogP contribution is -2.30. The molecule has 0 spiro atoms. The summed E-state index contributed by atoms with van der Waals surface area (Å²) in [4.78, 5) is -0.281. The van der Waals surface area contributed by atoms with Gasteiger partial charge < -0.3 is 5.73 Å². The van der Waals surface area contributed by atoms with Crippen LogP contribution in [-0.2, 0) is 19.9 Å². The lowest BCUT2D eigenvalue weighted by Gasteiger charge is -2.13. The van der Waals surface area contributed by atoms with Crippen LogP contribution in [0.3, 0.4) is 0 Å². The summed E-state index contributed by atoms with van der Waals surface area (Å²) in [5.41, 5.74) is 5.69. The molecule has 0 aliphatic rings. The highest BCUT2D eigenvalue weighted by Gasteiger charge is 2.21. The number of thioether (sulfide) groups is 1. The zero-order valence-electron chi connectivity index (χ0n) is 12.2. The molecule has 0 amide bonds. The minimum Gasteiger partial charge on any atom is -0.398 e. The van der Waals surface area contributed by atoms with E-state index in [2.05, 4.69) is 4.72 Å². The normalized spacial score (nSPS) is 14.0. The van der Waals surface area contributed by atoms with E-state index in [0.29, 0.717) is 0 Å². The van der Waals surface area contributed by atoms with Crippen LogP contribution in [0.2, 0.25) is 0 Å². The van der Waals surface area contributed by atoms with Crippen molar-refractivity contribution in [3.8, 4) is 0 Å². The maximum absolute atomic E-state index is 12.2. The Balaban J connectivity index is 3.08. The van der Waals surface area contributed by atoms with Crippen molar-refractivity contribution in [2.75, 3.05) is 30.5 Å². The number of sulfone groups is 1. The molecule has 1 atom stereocenters. The molecule has 0 aliphatic heterocycles. The fourth-order valence-electron chi connectivity index (χ4n) is 1.65. The van der Waals surface area contributed by atoms with Crippen molar-refractivity contribution in [3.63, 3.8) is 0 Å². The zero-order chi connectivity index (χ0) is 16.3. The van der Waals surface area contributed by atoms with Gasteiger partial charge in [-0.3, -0.25) is 0 Å². The summed E-state index contributed by atoms with van der Waals surface area (Å²) in [5.74, 6) is 0.982. The van der Waals surface area contributed by atoms with Crippen molar-refractivity contribution < 1.29 is 16.8 Å². The van der Waals surface area contributed by atoms with Crippen LogP contribution >= 0.6 is 11.8 Å². The third-order valence-corrected chi connectivity index (χ3v) is 6.27. The van der Waals surface area contributed by atoms with Gasteiger partial charge in [0.05, 0.1) is 10.6 Å². The SMILES string of the molecule is CSCC(C)CNS(=O)(=O)c1cc(S(C)(=O)=O)ccc1N. The average Bonchev–Trinajstić information content (AvgIpc) is 2.36. The summed E-state index contributed by atoms with van der Waals surface area (Å²) >= 11 is 1.63. The number of benzene rings is 1. The Morgan fingerprint density at radius 3 is 2.43 bits per heavy atom. The number of nitrogens with two attached hydrogens (primary N) is 1. The van der Waals surface area contributed by atoms with Crippen LogP contribution in [0.5, 0.6) is 0 Å². The van der Waals surface area contributed by atoms with E-state index in [-0.39, 0.29) is 27.9 Å². The first-order chi connectivity index (χ1) is 9.58. The molecule has 120 valence electrons. The second-order valence-electron chi connectivity index (χ2n) is 4.88. The maximum atomic E-state index is 12.2. The molecule has 0 aromatic heterocycles. The molecule has 0 saturated carbocycles. The van der Waals surface area contributed by atoms with E-state index >= 15 is 0 Å². The second kappa shape index (κ2) is 6.99. The molecular weight excluding hydrogens is 332 g/mol. The highest BCUT2D eigenvalue weighted by Crippen LogP contribution is 2.22. The first-order valence-electron chi connectivity index (χ1n) is 6.16. The van der Waals surface area contributed by atoms with Crippen LogP contribution in [-0.4, -0.2) is 41.6 Å². The van der Waals surface area contributed by atoms with Crippen molar-refractivity contribution in [2.45, 2.75) is 16.7 Å². The predicted octanol–water partition coefficient (Wildman–Crippen LogP) is 0.950. The molecule has 0 fully saturated rings. The number of anilines is 1. The first kappa shape index (κ1) is 18.3. The number of rotatable bonds is 7. The van der Waals surface area contributed by atoms with Gasteiger partial charge in [0.25, 0.3) is 0 Å². The van der Waals surface area contributed by atoms with E-state index in [4.69, 9.17) is 5.73 Å². The van der Waals surface area contributed by atoms with Gasteiger partial charge in [0, 0.05) is 12.8 Å². The Hall–Kier alpha value is -0.770. The van der Waals surface area contributed by atoms with E-state index in [0.717, 1.165) is 18.1 Å². The molecule has 3 N–H and O–H groups in total. The zero-order valence-corrected chi connectivity index (χ0v) is 14.6. The summed E-state index contributed by atoms with van der Waals surface area (Å²) in [6, 6.07) is 3.67. The molecule has 21 heavy (non-hydrogen) atoms. The van der Waals surface area contributed by atoms with Gasteiger partial charge in [0.2, 0.25) is 10.0 Å². The van der Waals surface area contributed by atoms with Gasteiger partial charge in [-0.2, -0.15) is 11.8 Å². The Kier molecular flexibility index (Phi) is 6.09. The summed E-state index contributed by atoms with van der Waals surface area (Å²) in [5, 5.41) is 0. The Bertz CT molecular complexity index is 699. The van der Waals surface area contributed by atoms with E-state index in [1.54, 1.807) is 11.8 Å². The summed E-state index contributed by atoms with van der Waals surface area (Å²) in [6.07, 6.45) is 2.96. The van der Waals surface area contributed by atoms with Crippen LogP contribution in [0.1, 0.15) is 6.92 Å². The van der Waals surface area contributed by atoms with Crippen LogP contribution in [0.15, 0.2) is 28.0 Å². The third-order valence-electron chi connectivity index (χ3n) is 2.78. The Morgan fingerprint density at radius 2 is 1.90 bits per heavy atom. The standard InChI is InChI=1S/C12H20N2O4S3/c1-9(8-19-2)7-14-21(17,18)12-6-10(20(3,15)16)4-5-11(12)13/h4-6,9,14H,7-8,13H2,1-3H3. The molecule has 1 aromatic carbocycles. The largest absolute Gasteiger partial charge is 0.398 e. The van der Waals surface area contributed by atoms with Gasteiger partial charge in [-0.1, -0.05) is 6.92 Å². The summed E-state index contributed by atoms with van der Waals surface area (Å²) < 4.78 is 50.0. The van der Waals surface area contributed by atoms with Crippen molar-refractivity contribution >= 4 is 37.3 Å². The molecule has 0 aliphatic carbocycles. The number of nitrogens with one attached hydrogen (secondary N) is 1. The third kappa shape index (κ3) is 5.17. The van der Waals surface area contributed by atoms with E-state index in [1.165, 1.54) is 12.1 Å². The smallest absolute Gasteiger partial charge is 0.242 e. The molecule has 6 nitrogen and oxygen atoms in total. The highest BCUT2D eigenvalue weighted by molar-refractivity contribution is 7.98. The summed E-state index contributed by atoms with van der Waals surface area (Å²) in [6.45, 7) is 2.20. The molecule has 0 bridgehead atoms. The number of sulfonamides is 1. The van der Waals surface area contributed by atoms with Gasteiger partial charge in [-0.15, -0.1) is 0 Å². The van der Waals surface area contributed by atoms with Gasteiger partial charge in [0.15, 0.2) is 9.84 Å². The van der Waals surface area contributed by atoms with Crippen LogP contribution in [0, 0.1) is 5.92 Å². The minimum absolute atomic E-state index is 0.0208. The van der Waals surface area contributed by atoms with Gasteiger partial charge in [0.1, 0.15) is 4.90 Å². The quantitative estimate of drug-likeness (QED) is 0.708. The molecule has 0 heterocycles. The summed E-state index contributed by atoms with van der Waals surface area (Å²) in [7, 11) is -7.33. The number of nitrogen functional groups attached to an aromatic ring is 1. The molecule has 9 heteroatoms. The molecule has 0 saturated heterocycles. The van der Waals surface area contributed by atoms with Crippen molar-refractivity contribution in [2.24, 2.45) is 5.92 Å². The van der Waals surface area contributed by atoms with Crippen LogP contribution in [0.25, 0.3) is 0 Å². The second-order valence-corrected chi connectivity index (χ2v) is 9.55. The predicted molar refractivity (Wildman–Crippen MR) is 86.7 cm³/mol. The first-order valence-corrected chi connectivity index (χ1v) is 10.9. The monoisotopic (exact) mass is 352 g/mol. The fourth-order valence-corrected chi connectivity index (χ4v) is 4.38. The van der Waals surface area contributed by atoms with Gasteiger partial charge in [-0.05, 0) is 36.1 Å². The van der Waals surface area contributed by atoms with E-state index in [1.807, 2.05) is 13.2 Å². The van der Waals surface area contributed by atoms with Gasteiger partial charge >= 0.3 is 0 Å². The number of hydrogen-bond donors (Lipinski definition) is 2. The topological polar surface area (TPSA) is 106 Å². The lowest BCUT2D eigenvalue weighted by atomic mass is 10.2. The molecule has 1 aromatic rings. The van der Waals surface area contributed by atoms with Gasteiger partial charge in [-0.25, -0.2) is 21.6 Å². The van der Waals surface area contributed by atoms with Crippen LogP contribution < -0.4 is 10.5 Å². The fraction of sp³-hybridized carbons (Fsp3) is 0.500. The average molecular weight is 353 g/mol. The molecular formula is C12H20N2O4S3. The minimum atomic E-state index is -3.84. The number of hydrogen-bond acceptors (Lipinski definition) is 6. The Labute approximate surface area is 130 Å². The Morgan fingerprint density at radius 1 is 1.29 bits per heavy atom. The van der Waals surface area contributed by atoms with Crippen LogP contribution in [0.4, 0.5) is 5.69 Å². The molecule has 1 unspecified atom stereocenters. The molecule has 0 radical (unpaired) electrons. The lowest BCUT2D eigenvalue weighted by molar-refractivity contribution is 0.563. The molecule has 1 rings (SSSR count). The van der Waals surface area contributed by atoms with Crippen molar-refractivity contribution in [3.05, 3.63) is 18.2 Å². The van der Waals surface area contributed by atoms with E-state index in [9.17, 15) is 16.8 Å².